The van der Waals surface area contributed by atoms with E-state index in [9.17, 15) is 0 Å². The SMILES string of the molecule is CCCCC[Si](C)(C)c1ccccn1. The predicted molar refractivity (Wildman–Crippen MR) is 65.7 cm³/mol. The second-order valence-corrected chi connectivity index (χ2v) is 9.34. The largest absolute Gasteiger partial charge is 0.266 e. The molecule has 0 aliphatic rings. The van der Waals surface area contributed by atoms with Crippen molar-refractivity contribution in [1.82, 2.24) is 4.98 Å². The van der Waals surface area contributed by atoms with Crippen LogP contribution in [-0.2, 0) is 0 Å². The summed E-state index contributed by atoms with van der Waals surface area (Å²) in [5.74, 6) is 0. The average molecular weight is 207 g/mol. The van der Waals surface area contributed by atoms with Gasteiger partial charge in [-0.25, -0.2) is 0 Å². The highest BCUT2D eigenvalue weighted by molar-refractivity contribution is 6.89. The maximum Gasteiger partial charge on any atom is 0.104 e. The third-order valence-electron chi connectivity index (χ3n) is 2.76. The molecule has 1 rings (SSSR count). The Morgan fingerprint density at radius 2 is 2.00 bits per heavy atom. The van der Waals surface area contributed by atoms with Crippen LogP contribution in [0.1, 0.15) is 26.2 Å². The summed E-state index contributed by atoms with van der Waals surface area (Å²) >= 11 is 0. The van der Waals surface area contributed by atoms with E-state index in [0.717, 1.165) is 0 Å². The van der Waals surface area contributed by atoms with Crippen LogP contribution >= 0.6 is 0 Å². The standard InChI is InChI=1S/C12H21NSi/c1-4-5-8-11-14(2,3)12-9-6-7-10-13-12/h6-7,9-10H,4-5,8,11H2,1-3H3. The smallest absolute Gasteiger partial charge is 0.104 e. The van der Waals surface area contributed by atoms with Crippen LogP contribution in [0.4, 0.5) is 0 Å². The Hall–Kier alpha value is -0.633. The van der Waals surface area contributed by atoms with Gasteiger partial charge in [0.1, 0.15) is 8.07 Å². The maximum atomic E-state index is 4.49. The van der Waals surface area contributed by atoms with Gasteiger partial charge in [-0.1, -0.05) is 51.4 Å². The second kappa shape index (κ2) is 5.30. The molecule has 0 aliphatic heterocycles. The molecule has 0 radical (unpaired) electrons. The molecule has 1 heterocycles. The van der Waals surface area contributed by atoms with Crippen LogP contribution in [-0.4, -0.2) is 13.1 Å². The first-order chi connectivity index (χ1) is 6.67. The minimum Gasteiger partial charge on any atom is -0.266 e. The molecule has 1 nitrogen and oxygen atoms in total. The van der Waals surface area contributed by atoms with Crippen LogP contribution in [0, 0.1) is 0 Å². The highest BCUT2D eigenvalue weighted by atomic mass is 28.3. The molecule has 0 spiro atoms. The average Bonchev–Trinajstić information content (AvgIpc) is 2.19. The number of unbranched alkanes of at least 4 members (excludes halogenated alkanes) is 2. The van der Waals surface area contributed by atoms with Gasteiger partial charge in [0.05, 0.1) is 0 Å². The topological polar surface area (TPSA) is 12.9 Å². The Morgan fingerprint density at radius 3 is 2.57 bits per heavy atom. The van der Waals surface area contributed by atoms with Gasteiger partial charge in [-0.2, -0.15) is 0 Å². The lowest BCUT2D eigenvalue weighted by Gasteiger charge is -2.21. The Balaban J connectivity index is 2.56. The monoisotopic (exact) mass is 207 g/mol. The number of rotatable bonds is 5. The van der Waals surface area contributed by atoms with Crippen molar-refractivity contribution >= 4 is 13.4 Å². The van der Waals surface area contributed by atoms with Crippen molar-refractivity contribution in [1.29, 1.82) is 0 Å². The molecule has 0 saturated carbocycles. The summed E-state index contributed by atoms with van der Waals surface area (Å²) in [5.41, 5.74) is 0. The predicted octanol–water partition coefficient (Wildman–Crippen LogP) is 3.19. The summed E-state index contributed by atoms with van der Waals surface area (Å²) in [6.07, 6.45) is 5.96. The van der Waals surface area contributed by atoms with Crippen LogP contribution in [0.3, 0.4) is 0 Å². The molecule has 0 bridgehead atoms. The lowest BCUT2D eigenvalue weighted by molar-refractivity contribution is 0.764. The summed E-state index contributed by atoms with van der Waals surface area (Å²) in [5, 5.41) is 1.36. The number of nitrogens with zero attached hydrogens (tertiary/aromatic N) is 1. The first kappa shape index (κ1) is 11.4. The minimum absolute atomic E-state index is 1.23. The van der Waals surface area contributed by atoms with E-state index in [1.54, 1.807) is 0 Å². The Labute approximate surface area is 88.6 Å². The fraction of sp³-hybridized carbons (Fsp3) is 0.583. The summed E-state index contributed by atoms with van der Waals surface area (Å²) in [7, 11) is -1.23. The van der Waals surface area contributed by atoms with E-state index in [1.807, 2.05) is 12.3 Å². The maximum absolute atomic E-state index is 4.49. The lowest BCUT2D eigenvalue weighted by atomic mass is 10.3. The van der Waals surface area contributed by atoms with Crippen molar-refractivity contribution in [2.75, 3.05) is 0 Å². The van der Waals surface area contributed by atoms with Crippen molar-refractivity contribution in [3.63, 3.8) is 0 Å². The molecule has 0 unspecified atom stereocenters. The second-order valence-electron chi connectivity index (χ2n) is 4.56. The molecule has 0 aromatic carbocycles. The van der Waals surface area contributed by atoms with Crippen LogP contribution in [0.5, 0.6) is 0 Å². The van der Waals surface area contributed by atoms with E-state index in [4.69, 9.17) is 0 Å². The van der Waals surface area contributed by atoms with Crippen LogP contribution in [0.15, 0.2) is 24.4 Å². The Bertz CT molecular complexity index is 256. The van der Waals surface area contributed by atoms with E-state index >= 15 is 0 Å². The van der Waals surface area contributed by atoms with Gasteiger partial charge in [0.2, 0.25) is 0 Å². The van der Waals surface area contributed by atoms with Crippen molar-refractivity contribution in [2.24, 2.45) is 0 Å². The van der Waals surface area contributed by atoms with Crippen molar-refractivity contribution < 1.29 is 0 Å². The molecular weight excluding hydrogens is 186 g/mol. The number of aromatic nitrogens is 1. The van der Waals surface area contributed by atoms with Gasteiger partial charge >= 0.3 is 0 Å². The summed E-state index contributed by atoms with van der Waals surface area (Å²) in [6.45, 7) is 7.10. The van der Waals surface area contributed by atoms with E-state index in [1.165, 1.54) is 30.6 Å². The molecule has 0 fully saturated rings. The molecule has 1 aromatic rings. The Morgan fingerprint density at radius 1 is 1.21 bits per heavy atom. The van der Waals surface area contributed by atoms with Gasteiger partial charge in [0, 0.05) is 11.5 Å². The summed E-state index contributed by atoms with van der Waals surface area (Å²) in [6, 6.07) is 7.67. The number of hydrogen-bond acceptors (Lipinski definition) is 1. The summed E-state index contributed by atoms with van der Waals surface area (Å²) < 4.78 is 0. The molecule has 0 atom stereocenters. The van der Waals surface area contributed by atoms with Crippen molar-refractivity contribution in [2.45, 2.75) is 45.3 Å². The highest BCUT2D eigenvalue weighted by Gasteiger charge is 2.23. The third-order valence-corrected chi connectivity index (χ3v) is 6.05. The van der Waals surface area contributed by atoms with E-state index in [-0.39, 0.29) is 0 Å². The zero-order valence-corrected chi connectivity index (χ0v) is 10.6. The molecular formula is C12H21NSi. The molecule has 0 amide bonds. The number of hydrogen-bond donors (Lipinski definition) is 0. The molecule has 1 aromatic heterocycles. The first-order valence-corrected chi connectivity index (χ1v) is 8.79. The number of pyridine rings is 1. The van der Waals surface area contributed by atoms with Crippen LogP contribution < -0.4 is 5.32 Å². The van der Waals surface area contributed by atoms with Gasteiger partial charge < -0.3 is 0 Å². The third kappa shape index (κ3) is 3.26. The van der Waals surface area contributed by atoms with Gasteiger partial charge in [-0.3, -0.25) is 4.98 Å². The van der Waals surface area contributed by atoms with Crippen LogP contribution in [0.2, 0.25) is 19.1 Å². The zero-order chi connectivity index (χ0) is 10.4. The van der Waals surface area contributed by atoms with Gasteiger partial charge in [-0.05, 0) is 12.1 Å². The fourth-order valence-corrected chi connectivity index (χ4v) is 4.07. The van der Waals surface area contributed by atoms with Crippen LogP contribution in [0.25, 0.3) is 0 Å². The normalized spacial score (nSPS) is 11.6. The molecule has 0 aliphatic carbocycles. The van der Waals surface area contributed by atoms with E-state index in [0.29, 0.717) is 0 Å². The lowest BCUT2D eigenvalue weighted by Crippen LogP contribution is -2.42. The van der Waals surface area contributed by atoms with Gasteiger partial charge in [0.15, 0.2) is 0 Å². The molecule has 14 heavy (non-hydrogen) atoms. The first-order valence-electron chi connectivity index (χ1n) is 5.58. The van der Waals surface area contributed by atoms with E-state index in [2.05, 4.69) is 37.1 Å². The molecule has 78 valence electrons. The summed E-state index contributed by atoms with van der Waals surface area (Å²) in [4.78, 5) is 4.49. The minimum atomic E-state index is -1.23. The van der Waals surface area contributed by atoms with Crippen molar-refractivity contribution in [3.8, 4) is 0 Å². The highest BCUT2D eigenvalue weighted by Crippen LogP contribution is 2.13. The van der Waals surface area contributed by atoms with Gasteiger partial charge in [-0.15, -0.1) is 0 Å². The quantitative estimate of drug-likeness (QED) is 0.534. The molecule has 0 N–H and O–H groups in total. The molecule has 0 saturated heterocycles. The van der Waals surface area contributed by atoms with E-state index < -0.39 is 8.07 Å². The zero-order valence-electron chi connectivity index (χ0n) is 9.59. The Kier molecular flexibility index (Phi) is 4.33. The molecule has 2 heteroatoms. The fourth-order valence-electron chi connectivity index (χ4n) is 1.71. The van der Waals surface area contributed by atoms with Crippen molar-refractivity contribution in [3.05, 3.63) is 24.4 Å². The van der Waals surface area contributed by atoms with Gasteiger partial charge in [0.25, 0.3) is 0 Å².